The van der Waals surface area contributed by atoms with Crippen LogP contribution in [-0.4, -0.2) is 6.08 Å². The van der Waals surface area contributed by atoms with Crippen molar-refractivity contribution < 1.29 is 4.79 Å². The van der Waals surface area contributed by atoms with Crippen molar-refractivity contribution in [2.24, 2.45) is 10.9 Å². The molecule has 0 N–H and O–H groups in total. The third-order valence-corrected chi connectivity index (χ3v) is 3.97. The van der Waals surface area contributed by atoms with Crippen LogP contribution in [0.15, 0.2) is 33.7 Å². The van der Waals surface area contributed by atoms with Crippen LogP contribution in [0.5, 0.6) is 0 Å². The molecule has 90 valence electrons. The van der Waals surface area contributed by atoms with E-state index < -0.39 is 0 Å². The van der Waals surface area contributed by atoms with Crippen LogP contribution in [0.2, 0.25) is 0 Å². The first-order valence-electron chi connectivity index (χ1n) is 6.13. The van der Waals surface area contributed by atoms with Crippen molar-refractivity contribution in [3.05, 3.63) is 34.3 Å². The molecule has 17 heavy (non-hydrogen) atoms. The summed E-state index contributed by atoms with van der Waals surface area (Å²) in [5, 5.41) is 0. The predicted octanol–water partition coefficient (Wildman–Crippen LogP) is 4.41. The molecule has 2 rings (SSSR count). The minimum Gasteiger partial charge on any atom is -0.211 e. The Labute approximate surface area is 110 Å². The lowest BCUT2D eigenvalue weighted by molar-refractivity contribution is 0.309. The van der Waals surface area contributed by atoms with E-state index in [1.807, 2.05) is 18.2 Å². The second-order valence-corrected chi connectivity index (χ2v) is 5.53. The Kier molecular flexibility index (Phi) is 4.52. The maximum Gasteiger partial charge on any atom is 0.235 e. The van der Waals surface area contributed by atoms with Gasteiger partial charge in [-0.2, -0.15) is 4.99 Å². The van der Waals surface area contributed by atoms with E-state index in [2.05, 4.69) is 27.0 Å². The number of rotatable bonds is 3. The number of carbonyl (C=O) groups excluding carboxylic acids is 1. The average molecular weight is 294 g/mol. The molecule has 0 saturated heterocycles. The molecule has 0 radical (unpaired) electrons. The van der Waals surface area contributed by atoms with E-state index in [0.717, 1.165) is 10.0 Å². The lowest BCUT2D eigenvalue weighted by Crippen LogP contribution is -2.14. The van der Waals surface area contributed by atoms with Crippen molar-refractivity contribution in [3.63, 3.8) is 0 Å². The largest absolute Gasteiger partial charge is 0.235 e. The van der Waals surface area contributed by atoms with E-state index in [9.17, 15) is 4.79 Å². The van der Waals surface area contributed by atoms with Crippen LogP contribution < -0.4 is 0 Å². The van der Waals surface area contributed by atoms with Crippen molar-refractivity contribution >= 4 is 22.0 Å². The van der Waals surface area contributed by atoms with Gasteiger partial charge in [0.1, 0.15) is 0 Å². The lowest BCUT2D eigenvalue weighted by Gasteiger charge is -2.27. The van der Waals surface area contributed by atoms with E-state index in [4.69, 9.17) is 0 Å². The summed E-state index contributed by atoms with van der Waals surface area (Å²) in [6.07, 6.45) is 7.90. The second-order valence-electron chi connectivity index (χ2n) is 4.62. The highest BCUT2D eigenvalue weighted by Gasteiger charge is 2.24. The Hall–Kier alpha value is -0.920. The Bertz CT molecular complexity index is 420. The summed E-state index contributed by atoms with van der Waals surface area (Å²) in [7, 11) is 0. The molecule has 0 aliphatic heterocycles. The van der Waals surface area contributed by atoms with Crippen molar-refractivity contribution in [2.45, 2.75) is 38.1 Å². The predicted molar refractivity (Wildman–Crippen MR) is 71.6 cm³/mol. The van der Waals surface area contributed by atoms with Crippen LogP contribution in [0.4, 0.5) is 0 Å². The highest BCUT2D eigenvalue weighted by Crippen LogP contribution is 2.37. The summed E-state index contributed by atoms with van der Waals surface area (Å²) < 4.78 is 1.04. The molecule has 1 atom stereocenters. The van der Waals surface area contributed by atoms with Gasteiger partial charge < -0.3 is 0 Å². The molecule has 0 spiro atoms. The zero-order valence-electron chi connectivity index (χ0n) is 9.73. The van der Waals surface area contributed by atoms with E-state index in [-0.39, 0.29) is 6.04 Å². The zero-order valence-corrected chi connectivity index (χ0v) is 11.3. The summed E-state index contributed by atoms with van der Waals surface area (Å²) in [4.78, 5) is 14.6. The Morgan fingerprint density at radius 1 is 1.29 bits per heavy atom. The molecule has 2 nitrogen and oxygen atoms in total. The molecule has 1 aliphatic rings. The van der Waals surface area contributed by atoms with Gasteiger partial charge in [0.15, 0.2) is 0 Å². The highest BCUT2D eigenvalue weighted by molar-refractivity contribution is 9.10. The maximum atomic E-state index is 10.6. The highest BCUT2D eigenvalue weighted by atomic mass is 79.9. The molecule has 0 aromatic heterocycles. The zero-order chi connectivity index (χ0) is 12.1. The summed E-state index contributed by atoms with van der Waals surface area (Å²) in [5.74, 6) is 0.500. The molecule has 1 aromatic carbocycles. The van der Waals surface area contributed by atoms with E-state index in [1.165, 1.54) is 32.1 Å². The third-order valence-electron chi connectivity index (χ3n) is 3.48. The average Bonchev–Trinajstić information content (AvgIpc) is 2.37. The molecule has 0 amide bonds. The summed E-state index contributed by atoms with van der Waals surface area (Å²) >= 11 is 3.47. The number of aliphatic imine (C=N–C) groups is 1. The minimum atomic E-state index is -0.00898. The fraction of sp³-hybridized carbons (Fsp3) is 0.500. The number of benzene rings is 1. The van der Waals surface area contributed by atoms with E-state index >= 15 is 0 Å². The summed E-state index contributed by atoms with van der Waals surface area (Å²) in [5.41, 5.74) is 1.12. The van der Waals surface area contributed by atoms with Crippen molar-refractivity contribution in [3.8, 4) is 0 Å². The van der Waals surface area contributed by atoms with Crippen LogP contribution in [-0.2, 0) is 4.79 Å². The molecule has 1 saturated carbocycles. The molecular formula is C14H16BrNO. The van der Waals surface area contributed by atoms with Crippen molar-refractivity contribution in [2.75, 3.05) is 0 Å². The second kappa shape index (κ2) is 6.13. The molecule has 0 heterocycles. The van der Waals surface area contributed by atoms with Crippen LogP contribution in [0.3, 0.4) is 0 Å². The van der Waals surface area contributed by atoms with Crippen LogP contribution in [0, 0.1) is 5.92 Å². The summed E-state index contributed by atoms with van der Waals surface area (Å²) in [6, 6.07) is 8.08. The van der Waals surface area contributed by atoms with Crippen LogP contribution in [0.1, 0.15) is 43.7 Å². The SMILES string of the molecule is O=C=NC(c1cccc(Br)c1)C1CCCCC1. The standard InChI is InChI=1S/C14H16BrNO/c15-13-8-4-7-12(9-13)14(16-10-17)11-5-2-1-3-6-11/h4,7-9,11,14H,1-3,5-6H2. The number of hydrogen-bond donors (Lipinski definition) is 0. The van der Waals surface area contributed by atoms with Gasteiger partial charge in [0, 0.05) is 4.47 Å². The minimum absolute atomic E-state index is 0.00898. The Morgan fingerprint density at radius 3 is 2.71 bits per heavy atom. The topological polar surface area (TPSA) is 29.4 Å². The smallest absolute Gasteiger partial charge is 0.211 e. The van der Waals surface area contributed by atoms with Crippen LogP contribution in [0.25, 0.3) is 0 Å². The molecule has 1 aromatic rings. The Morgan fingerprint density at radius 2 is 2.06 bits per heavy atom. The van der Waals surface area contributed by atoms with Crippen molar-refractivity contribution in [1.82, 2.24) is 0 Å². The number of isocyanates is 1. The van der Waals surface area contributed by atoms with Gasteiger partial charge in [-0.1, -0.05) is 47.3 Å². The third kappa shape index (κ3) is 3.27. The summed E-state index contributed by atoms with van der Waals surface area (Å²) in [6.45, 7) is 0. The maximum absolute atomic E-state index is 10.6. The van der Waals surface area contributed by atoms with Crippen LogP contribution >= 0.6 is 15.9 Å². The van der Waals surface area contributed by atoms with Crippen molar-refractivity contribution in [1.29, 1.82) is 0 Å². The number of hydrogen-bond acceptors (Lipinski definition) is 2. The quantitative estimate of drug-likeness (QED) is 0.600. The number of nitrogens with zero attached hydrogens (tertiary/aromatic N) is 1. The van der Waals surface area contributed by atoms with Gasteiger partial charge >= 0.3 is 0 Å². The Balaban J connectivity index is 2.24. The van der Waals surface area contributed by atoms with E-state index in [0.29, 0.717) is 5.92 Å². The number of halogens is 1. The molecular weight excluding hydrogens is 278 g/mol. The lowest BCUT2D eigenvalue weighted by atomic mass is 9.81. The fourth-order valence-electron chi connectivity index (χ4n) is 2.65. The van der Waals surface area contributed by atoms with Gasteiger partial charge in [0.05, 0.1) is 6.04 Å². The van der Waals surface area contributed by atoms with Gasteiger partial charge in [0.2, 0.25) is 6.08 Å². The van der Waals surface area contributed by atoms with Gasteiger partial charge in [0.25, 0.3) is 0 Å². The monoisotopic (exact) mass is 293 g/mol. The molecule has 0 bridgehead atoms. The first-order chi connectivity index (χ1) is 8.31. The molecule has 1 aliphatic carbocycles. The molecule has 1 fully saturated rings. The molecule has 1 unspecified atom stereocenters. The molecule has 3 heteroatoms. The first kappa shape index (κ1) is 12.5. The van der Waals surface area contributed by atoms with Gasteiger partial charge in [-0.15, -0.1) is 0 Å². The normalized spacial score (nSPS) is 18.4. The first-order valence-corrected chi connectivity index (χ1v) is 6.93. The van der Waals surface area contributed by atoms with Gasteiger partial charge in [-0.3, -0.25) is 0 Å². The van der Waals surface area contributed by atoms with Gasteiger partial charge in [-0.05, 0) is 36.5 Å². The van der Waals surface area contributed by atoms with E-state index in [1.54, 1.807) is 6.08 Å². The fourth-order valence-corrected chi connectivity index (χ4v) is 3.07. The van der Waals surface area contributed by atoms with Gasteiger partial charge in [-0.25, -0.2) is 4.79 Å².